The Morgan fingerprint density at radius 2 is 1.70 bits per heavy atom. The first-order valence-corrected chi connectivity index (χ1v) is 8.13. The highest BCUT2D eigenvalue weighted by Crippen LogP contribution is 2.30. The van der Waals surface area contributed by atoms with Crippen molar-refractivity contribution in [3.05, 3.63) is 54.1 Å². The zero-order chi connectivity index (χ0) is 14.6. The molecule has 0 heterocycles. The van der Waals surface area contributed by atoms with Gasteiger partial charge >= 0.3 is 0 Å². The van der Waals surface area contributed by atoms with Crippen molar-refractivity contribution in [3.63, 3.8) is 0 Å². The lowest BCUT2D eigenvalue weighted by Gasteiger charge is -2.12. The average Bonchev–Trinajstić information content (AvgIpc) is 2.44. The molecule has 2 rings (SSSR count). The largest absolute Gasteiger partial charge is 0.295 e. The van der Waals surface area contributed by atoms with Crippen molar-refractivity contribution in [1.29, 1.82) is 0 Å². The van der Waals surface area contributed by atoms with Crippen LogP contribution >= 0.6 is 0 Å². The minimum absolute atomic E-state index is 0.0413. The topological polar surface area (TPSA) is 54.4 Å². The standard InChI is InChI=1S/C16H18O3S/c1-2-3-8-14-11-7-12-15(16(14)20(17,18)19)13-9-5-4-6-10-13/h4-7,9-12H,2-3,8H2,1H3,(H,17,18,19). The van der Waals surface area contributed by atoms with E-state index in [9.17, 15) is 13.0 Å². The number of hydrogen-bond donors (Lipinski definition) is 1. The van der Waals surface area contributed by atoms with E-state index in [-0.39, 0.29) is 4.90 Å². The molecule has 0 unspecified atom stereocenters. The summed E-state index contributed by atoms with van der Waals surface area (Å²) in [6, 6.07) is 14.6. The van der Waals surface area contributed by atoms with Gasteiger partial charge in [0.25, 0.3) is 10.1 Å². The lowest BCUT2D eigenvalue weighted by atomic mass is 10.0. The second kappa shape index (κ2) is 6.20. The van der Waals surface area contributed by atoms with Gasteiger partial charge in [0.2, 0.25) is 0 Å². The van der Waals surface area contributed by atoms with Crippen LogP contribution in [-0.4, -0.2) is 13.0 Å². The fourth-order valence-electron chi connectivity index (χ4n) is 2.30. The molecule has 1 N–H and O–H groups in total. The minimum Gasteiger partial charge on any atom is -0.282 e. The van der Waals surface area contributed by atoms with Crippen LogP contribution in [0.25, 0.3) is 11.1 Å². The number of rotatable bonds is 5. The molecule has 0 aromatic heterocycles. The van der Waals surface area contributed by atoms with Gasteiger partial charge in [0.1, 0.15) is 4.90 Å². The van der Waals surface area contributed by atoms with Gasteiger partial charge < -0.3 is 0 Å². The van der Waals surface area contributed by atoms with E-state index in [1.165, 1.54) is 0 Å². The normalized spacial score (nSPS) is 11.5. The first kappa shape index (κ1) is 14.8. The number of aryl methyl sites for hydroxylation is 1. The Morgan fingerprint density at radius 1 is 1.00 bits per heavy atom. The van der Waals surface area contributed by atoms with Crippen molar-refractivity contribution in [2.24, 2.45) is 0 Å². The van der Waals surface area contributed by atoms with E-state index in [1.54, 1.807) is 12.1 Å². The monoisotopic (exact) mass is 290 g/mol. The van der Waals surface area contributed by atoms with Crippen molar-refractivity contribution in [2.45, 2.75) is 31.1 Å². The van der Waals surface area contributed by atoms with Gasteiger partial charge in [0.15, 0.2) is 0 Å². The number of unbranched alkanes of at least 4 members (excludes halogenated alkanes) is 1. The maximum atomic E-state index is 11.8. The van der Waals surface area contributed by atoms with Crippen molar-refractivity contribution in [2.75, 3.05) is 0 Å². The summed E-state index contributed by atoms with van der Waals surface area (Å²) in [7, 11) is -4.24. The molecule has 0 fully saturated rings. The molecule has 0 atom stereocenters. The summed E-state index contributed by atoms with van der Waals surface area (Å²) in [5.41, 5.74) is 2.02. The van der Waals surface area contributed by atoms with E-state index in [4.69, 9.17) is 0 Å². The molecule has 0 aliphatic carbocycles. The van der Waals surface area contributed by atoms with Crippen LogP contribution in [-0.2, 0) is 16.5 Å². The molecule has 0 radical (unpaired) electrons. The van der Waals surface area contributed by atoms with Crippen LogP contribution in [0.3, 0.4) is 0 Å². The summed E-state index contributed by atoms with van der Waals surface area (Å²) in [5, 5.41) is 0. The van der Waals surface area contributed by atoms with Gasteiger partial charge in [0.05, 0.1) is 0 Å². The summed E-state index contributed by atoms with van der Waals surface area (Å²) < 4.78 is 33.1. The summed E-state index contributed by atoms with van der Waals surface area (Å²) in [6.45, 7) is 2.05. The highest BCUT2D eigenvalue weighted by molar-refractivity contribution is 7.86. The molecule has 3 nitrogen and oxygen atoms in total. The lowest BCUT2D eigenvalue weighted by molar-refractivity contribution is 0.482. The summed E-state index contributed by atoms with van der Waals surface area (Å²) >= 11 is 0. The highest BCUT2D eigenvalue weighted by Gasteiger charge is 2.20. The second-order valence-corrected chi connectivity index (χ2v) is 6.10. The fraction of sp³-hybridized carbons (Fsp3) is 0.250. The van der Waals surface area contributed by atoms with Crippen molar-refractivity contribution >= 4 is 10.1 Å². The van der Waals surface area contributed by atoms with Gasteiger partial charge in [0, 0.05) is 5.56 Å². The average molecular weight is 290 g/mol. The van der Waals surface area contributed by atoms with E-state index in [2.05, 4.69) is 0 Å². The molecular weight excluding hydrogens is 272 g/mol. The smallest absolute Gasteiger partial charge is 0.282 e. The van der Waals surface area contributed by atoms with Gasteiger partial charge in [-0.1, -0.05) is 61.9 Å². The van der Waals surface area contributed by atoms with Gasteiger partial charge in [-0.2, -0.15) is 8.42 Å². The SMILES string of the molecule is CCCCc1cccc(-c2ccccc2)c1S(=O)(=O)O. The van der Waals surface area contributed by atoms with E-state index < -0.39 is 10.1 Å². The molecule has 0 saturated heterocycles. The Labute approximate surface area is 120 Å². The molecule has 0 aliphatic heterocycles. The van der Waals surface area contributed by atoms with Crippen LogP contribution < -0.4 is 0 Å². The van der Waals surface area contributed by atoms with Gasteiger partial charge in [-0.15, -0.1) is 0 Å². The molecule has 20 heavy (non-hydrogen) atoms. The Kier molecular flexibility index (Phi) is 4.57. The minimum atomic E-state index is -4.24. The van der Waals surface area contributed by atoms with Crippen LogP contribution in [0.15, 0.2) is 53.4 Å². The first-order valence-electron chi connectivity index (χ1n) is 6.69. The fourth-order valence-corrected chi connectivity index (χ4v) is 3.26. The van der Waals surface area contributed by atoms with Crippen LogP contribution in [0.4, 0.5) is 0 Å². The van der Waals surface area contributed by atoms with E-state index in [0.717, 1.165) is 18.4 Å². The molecule has 0 bridgehead atoms. The third-order valence-electron chi connectivity index (χ3n) is 3.24. The van der Waals surface area contributed by atoms with Crippen LogP contribution in [0.2, 0.25) is 0 Å². The van der Waals surface area contributed by atoms with E-state index in [1.807, 2.05) is 43.3 Å². The van der Waals surface area contributed by atoms with Gasteiger partial charge in [-0.25, -0.2) is 0 Å². The zero-order valence-corrected chi connectivity index (χ0v) is 12.2. The quantitative estimate of drug-likeness (QED) is 0.848. The molecule has 0 saturated carbocycles. The summed E-state index contributed by atoms with van der Waals surface area (Å²) in [5.74, 6) is 0. The molecule has 106 valence electrons. The number of hydrogen-bond acceptors (Lipinski definition) is 2. The molecule has 0 aliphatic rings. The lowest BCUT2D eigenvalue weighted by Crippen LogP contribution is -2.06. The molecule has 4 heteroatoms. The second-order valence-electron chi connectivity index (χ2n) is 4.74. The molecule has 2 aromatic carbocycles. The maximum absolute atomic E-state index is 11.8. The molecular formula is C16H18O3S. The predicted molar refractivity (Wildman–Crippen MR) is 80.3 cm³/mol. The van der Waals surface area contributed by atoms with Crippen LogP contribution in [0, 0.1) is 0 Å². The van der Waals surface area contributed by atoms with Crippen molar-refractivity contribution < 1.29 is 13.0 Å². The maximum Gasteiger partial charge on any atom is 0.295 e. The Balaban J connectivity index is 2.63. The molecule has 0 spiro atoms. The van der Waals surface area contributed by atoms with Gasteiger partial charge in [-0.05, 0) is 24.0 Å². The Hall–Kier alpha value is -1.65. The highest BCUT2D eigenvalue weighted by atomic mass is 32.2. The molecule has 0 amide bonds. The van der Waals surface area contributed by atoms with Crippen LogP contribution in [0.5, 0.6) is 0 Å². The summed E-state index contributed by atoms with van der Waals surface area (Å²) in [4.78, 5) is 0.0413. The summed E-state index contributed by atoms with van der Waals surface area (Å²) in [6.07, 6.45) is 2.51. The predicted octanol–water partition coefficient (Wildman–Crippen LogP) is 3.94. The van der Waals surface area contributed by atoms with Crippen molar-refractivity contribution in [1.82, 2.24) is 0 Å². The van der Waals surface area contributed by atoms with E-state index in [0.29, 0.717) is 17.5 Å². The number of benzene rings is 2. The van der Waals surface area contributed by atoms with Gasteiger partial charge in [-0.3, -0.25) is 4.55 Å². The van der Waals surface area contributed by atoms with Crippen LogP contribution in [0.1, 0.15) is 25.3 Å². The van der Waals surface area contributed by atoms with E-state index >= 15 is 0 Å². The third-order valence-corrected chi connectivity index (χ3v) is 4.24. The third kappa shape index (κ3) is 3.26. The zero-order valence-electron chi connectivity index (χ0n) is 11.4. The van der Waals surface area contributed by atoms with Crippen molar-refractivity contribution in [3.8, 4) is 11.1 Å². The Bertz CT molecular complexity index is 676. The molecule has 2 aromatic rings. The first-order chi connectivity index (χ1) is 9.54. The Morgan fingerprint density at radius 3 is 2.30 bits per heavy atom.